The number of sulfonamides is 1. The van der Waals surface area contributed by atoms with Gasteiger partial charge in [-0.05, 0) is 22.4 Å². The molecule has 1 atom stereocenters. The molecular weight excluding hydrogens is 368 g/mol. The number of imidazole rings is 1. The van der Waals surface area contributed by atoms with Gasteiger partial charge >= 0.3 is 0 Å². The first-order chi connectivity index (χ1) is 11.6. The molecule has 1 N–H and O–H groups in total. The Hall–Kier alpha value is -2.01. The first-order valence-electron chi connectivity index (χ1n) is 7.50. The van der Waals surface area contributed by atoms with Crippen molar-refractivity contribution in [2.75, 3.05) is 19.6 Å². The number of nitrogens with zero attached hydrogens (tertiary/aromatic N) is 5. The molecule has 0 spiro atoms. The summed E-state index contributed by atoms with van der Waals surface area (Å²) >= 11 is 0. The number of aromatic nitrogens is 4. The molecule has 134 valence electrons. The van der Waals surface area contributed by atoms with Gasteiger partial charge in [0, 0.05) is 39.1 Å². The summed E-state index contributed by atoms with van der Waals surface area (Å²) < 4.78 is 34.5. The van der Waals surface area contributed by atoms with E-state index in [1.165, 1.54) is 10.4 Å². The van der Waals surface area contributed by atoms with Crippen molar-refractivity contribution in [2.24, 2.45) is 7.05 Å². The van der Waals surface area contributed by atoms with Crippen LogP contribution in [0.5, 0.6) is 0 Å². The van der Waals surface area contributed by atoms with E-state index in [1.54, 1.807) is 24.5 Å². The van der Waals surface area contributed by atoms with Gasteiger partial charge in [0.2, 0.25) is 10.0 Å². The van der Waals surface area contributed by atoms with Crippen molar-refractivity contribution >= 4 is 33.5 Å². The van der Waals surface area contributed by atoms with Crippen LogP contribution in [-0.2, 0) is 17.1 Å². The number of halogens is 1. The molecule has 1 fully saturated rings. The van der Waals surface area contributed by atoms with E-state index in [0.29, 0.717) is 31.0 Å². The zero-order valence-corrected chi connectivity index (χ0v) is 15.0. The second-order valence-electron chi connectivity index (χ2n) is 5.62. The van der Waals surface area contributed by atoms with Gasteiger partial charge in [-0.3, -0.25) is 0 Å². The lowest BCUT2D eigenvalue weighted by molar-refractivity contribution is 0.258. The van der Waals surface area contributed by atoms with E-state index in [-0.39, 0.29) is 28.9 Å². The van der Waals surface area contributed by atoms with Crippen LogP contribution in [0.15, 0.2) is 40.1 Å². The van der Waals surface area contributed by atoms with Gasteiger partial charge in [-0.25, -0.2) is 18.0 Å². The van der Waals surface area contributed by atoms with Crippen LogP contribution in [0.25, 0.3) is 11.0 Å². The highest BCUT2D eigenvalue weighted by Crippen LogP contribution is 2.30. The number of hydrogen-bond acceptors (Lipinski definition) is 7. The second kappa shape index (κ2) is 6.71. The van der Waals surface area contributed by atoms with Crippen molar-refractivity contribution in [1.29, 1.82) is 0 Å². The van der Waals surface area contributed by atoms with Gasteiger partial charge < -0.3 is 9.88 Å². The molecule has 0 saturated carbocycles. The molecule has 0 amide bonds. The first-order valence-corrected chi connectivity index (χ1v) is 8.94. The minimum atomic E-state index is -3.77. The molecule has 3 aromatic rings. The number of fused-ring (bicyclic) bond motifs is 1. The molecule has 1 unspecified atom stereocenters. The van der Waals surface area contributed by atoms with Crippen LogP contribution in [0, 0.1) is 0 Å². The third-order valence-electron chi connectivity index (χ3n) is 4.19. The molecule has 1 saturated heterocycles. The van der Waals surface area contributed by atoms with E-state index >= 15 is 0 Å². The van der Waals surface area contributed by atoms with Crippen molar-refractivity contribution in [3.63, 3.8) is 0 Å². The summed E-state index contributed by atoms with van der Waals surface area (Å²) in [4.78, 5) is 4.42. The van der Waals surface area contributed by atoms with Crippen LogP contribution in [0.3, 0.4) is 0 Å². The Morgan fingerprint density at radius 3 is 2.92 bits per heavy atom. The fourth-order valence-electron chi connectivity index (χ4n) is 3.01. The highest BCUT2D eigenvalue weighted by molar-refractivity contribution is 7.89. The Morgan fingerprint density at radius 1 is 1.32 bits per heavy atom. The molecule has 4 rings (SSSR count). The Morgan fingerprint density at radius 2 is 2.16 bits per heavy atom. The normalized spacial score (nSPS) is 19.0. The van der Waals surface area contributed by atoms with Crippen LogP contribution in [0.4, 0.5) is 0 Å². The SMILES string of the molecule is Cl.Cn1ccnc1C1CNCCN1S(=O)(=O)c1cccc2nonc12. The molecule has 0 radical (unpaired) electrons. The average molecular weight is 385 g/mol. The minimum absolute atomic E-state index is 0. The van der Waals surface area contributed by atoms with E-state index < -0.39 is 10.0 Å². The Kier molecular flexibility index (Phi) is 4.78. The fourth-order valence-corrected chi connectivity index (χ4v) is 4.73. The lowest BCUT2D eigenvalue weighted by Crippen LogP contribution is -2.49. The molecule has 9 nitrogen and oxygen atoms in total. The summed E-state index contributed by atoms with van der Waals surface area (Å²) in [6.45, 7) is 1.42. The molecule has 1 aliphatic rings. The quantitative estimate of drug-likeness (QED) is 0.708. The molecular formula is C14H17ClN6O3S. The Balaban J connectivity index is 0.00000182. The van der Waals surface area contributed by atoms with Crippen LogP contribution in [0.2, 0.25) is 0 Å². The smallest absolute Gasteiger partial charge is 0.246 e. The lowest BCUT2D eigenvalue weighted by Gasteiger charge is -2.34. The van der Waals surface area contributed by atoms with E-state index in [0.717, 1.165) is 0 Å². The van der Waals surface area contributed by atoms with Gasteiger partial charge in [0.15, 0.2) is 5.52 Å². The molecule has 2 aromatic heterocycles. The second-order valence-corrected chi connectivity index (χ2v) is 7.48. The van der Waals surface area contributed by atoms with E-state index in [9.17, 15) is 8.42 Å². The highest BCUT2D eigenvalue weighted by atomic mass is 35.5. The van der Waals surface area contributed by atoms with Gasteiger partial charge in [-0.2, -0.15) is 4.31 Å². The van der Waals surface area contributed by atoms with Crippen molar-refractivity contribution in [3.8, 4) is 0 Å². The summed E-state index contributed by atoms with van der Waals surface area (Å²) in [6, 6.07) is 4.44. The maximum Gasteiger partial charge on any atom is 0.246 e. The third-order valence-corrected chi connectivity index (χ3v) is 6.13. The molecule has 25 heavy (non-hydrogen) atoms. The zero-order chi connectivity index (χ0) is 16.7. The third kappa shape index (κ3) is 2.91. The summed E-state index contributed by atoms with van der Waals surface area (Å²) in [5.41, 5.74) is 0.661. The van der Waals surface area contributed by atoms with Crippen LogP contribution < -0.4 is 5.32 Å². The van der Waals surface area contributed by atoms with Crippen molar-refractivity contribution in [1.82, 2.24) is 29.5 Å². The van der Waals surface area contributed by atoms with Crippen LogP contribution in [-0.4, -0.2) is 52.2 Å². The number of nitrogens with one attached hydrogen (secondary N) is 1. The molecule has 0 aliphatic carbocycles. The van der Waals surface area contributed by atoms with E-state index in [1.807, 2.05) is 11.6 Å². The van der Waals surface area contributed by atoms with Crippen LogP contribution >= 0.6 is 12.4 Å². The topological polar surface area (TPSA) is 106 Å². The lowest BCUT2D eigenvalue weighted by atomic mass is 10.2. The number of rotatable bonds is 3. The standard InChI is InChI=1S/C14H16N6O3S.ClH/c1-19-7-6-16-14(19)11-9-15-5-8-20(11)24(21,22)12-4-2-3-10-13(12)18-23-17-10;/h2-4,6-7,11,15H,5,8-9H2,1H3;1H. The van der Waals surface area contributed by atoms with E-state index in [2.05, 4.69) is 20.6 Å². The van der Waals surface area contributed by atoms with Gasteiger partial charge in [0.1, 0.15) is 16.2 Å². The highest BCUT2D eigenvalue weighted by Gasteiger charge is 2.37. The monoisotopic (exact) mass is 384 g/mol. The molecule has 0 bridgehead atoms. The van der Waals surface area contributed by atoms with Gasteiger partial charge in [-0.1, -0.05) is 6.07 Å². The molecule has 1 aromatic carbocycles. The largest absolute Gasteiger partial charge is 0.337 e. The van der Waals surface area contributed by atoms with E-state index in [4.69, 9.17) is 4.63 Å². The van der Waals surface area contributed by atoms with Crippen molar-refractivity contribution in [3.05, 3.63) is 36.4 Å². The maximum absolute atomic E-state index is 13.3. The first kappa shape index (κ1) is 17.8. The number of hydrogen-bond donors (Lipinski definition) is 1. The number of piperazine rings is 1. The summed E-state index contributed by atoms with van der Waals surface area (Å²) in [5, 5.41) is 10.7. The Labute approximate surface area is 150 Å². The molecule has 11 heteroatoms. The summed E-state index contributed by atoms with van der Waals surface area (Å²) in [7, 11) is -1.92. The average Bonchev–Trinajstić information content (AvgIpc) is 3.22. The van der Waals surface area contributed by atoms with Gasteiger partial charge in [-0.15, -0.1) is 12.4 Å². The number of benzene rings is 1. The number of aryl methyl sites for hydroxylation is 1. The predicted molar refractivity (Wildman–Crippen MR) is 91.8 cm³/mol. The summed E-state index contributed by atoms with van der Waals surface area (Å²) in [6.07, 6.45) is 3.47. The zero-order valence-electron chi connectivity index (χ0n) is 13.4. The van der Waals surface area contributed by atoms with Crippen LogP contribution in [0.1, 0.15) is 11.9 Å². The summed E-state index contributed by atoms with van der Waals surface area (Å²) in [5.74, 6) is 0.691. The molecule has 3 heterocycles. The van der Waals surface area contributed by atoms with Crippen molar-refractivity contribution < 1.29 is 13.0 Å². The molecule has 1 aliphatic heterocycles. The Bertz CT molecular complexity index is 985. The minimum Gasteiger partial charge on any atom is -0.337 e. The predicted octanol–water partition coefficient (Wildman–Crippen LogP) is 0.713. The van der Waals surface area contributed by atoms with Crippen molar-refractivity contribution in [2.45, 2.75) is 10.9 Å². The van der Waals surface area contributed by atoms with Gasteiger partial charge in [0.25, 0.3) is 0 Å². The maximum atomic E-state index is 13.3. The van der Waals surface area contributed by atoms with Gasteiger partial charge in [0.05, 0.1) is 6.04 Å². The fraction of sp³-hybridized carbons (Fsp3) is 0.357.